The zero-order valence-electron chi connectivity index (χ0n) is 12.1. The maximum Gasteiger partial charge on any atom is 0.138 e. The van der Waals surface area contributed by atoms with Crippen molar-refractivity contribution in [2.45, 2.75) is 52.2 Å². The first kappa shape index (κ1) is 12.1. The van der Waals surface area contributed by atoms with Gasteiger partial charge in [-0.25, -0.2) is 4.98 Å². The van der Waals surface area contributed by atoms with Crippen LogP contribution < -0.4 is 0 Å². The molecule has 1 saturated carbocycles. The Hall–Kier alpha value is -1.62. The van der Waals surface area contributed by atoms with Crippen LogP contribution in [0, 0.1) is 13.8 Å². The summed E-state index contributed by atoms with van der Waals surface area (Å²) in [5, 5.41) is 4.04. The molecular formula is C15H20N4O. The zero-order valence-corrected chi connectivity index (χ0v) is 12.1. The Morgan fingerprint density at radius 3 is 2.90 bits per heavy atom. The predicted octanol–water partition coefficient (Wildman–Crippen LogP) is 2.38. The van der Waals surface area contributed by atoms with Crippen LogP contribution in [0.1, 0.15) is 47.3 Å². The summed E-state index contributed by atoms with van der Waals surface area (Å²) >= 11 is 0. The third-order valence-corrected chi connectivity index (χ3v) is 4.52. The predicted molar refractivity (Wildman–Crippen MR) is 74.3 cm³/mol. The van der Waals surface area contributed by atoms with E-state index in [4.69, 9.17) is 4.52 Å². The average Bonchev–Trinajstić information content (AvgIpc) is 3.14. The number of aromatic nitrogens is 3. The van der Waals surface area contributed by atoms with Crippen molar-refractivity contribution in [1.82, 2.24) is 19.6 Å². The standard InChI is InChI=1S/C15H20N4O/c1-10-13(11(2)20-17-10)7-18-6-5-15-14(8-18)16-9-19(15)12-3-4-12/h9,12H,3-8H2,1-2H3. The number of fused-ring (bicyclic) bond motifs is 1. The van der Waals surface area contributed by atoms with Gasteiger partial charge in [-0.15, -0.1) is 0 Å². The maximum absolute atomic E-state index is 5.25. The van der Waals surface area contributed by atoms with E-state index in [1.165, 1.54) is 29.8 Å². The molecule has 3 heterocycles. The molecule has 20 heavy (non-hydrogen) atoms. The molecule has 2 aromatic rings. The Kier molecular flexibility index (Phi) is 2.70. The molecule has 0 radical (unpaired) electrons. The summed E-state index contributed by atoms with van der Waals surface area (Å²) in [6, 6.07) is 0.736. The van der Waals surface area contributed by atoms with Gasteiger partial charge in [-0.1, -0.05) is 5.16 Å². The molecule has 0 unspecified atom stereocenters. The maximum atomic E-state index is 5.25. The third kappa shape index (κ3) is 1.97. The summed E-state index contributed by atoms with van der Waals surface area (Å²) in [5.41, 5.74) is 4.96. The van der Waals surface area contributed by atoms with Gasteiger partial charge in [0.2, 0.25) is 0 Å². The van der Waals surface area contributed by atoms with Crippen molar-refractivity contribution in [2.75, 3.05) is 6.54 Å². The Morgan fingerprint density at radius 2 is 2.20 bits per heavy atom. The van der Waals surface area contributed by atoms with Gasteiger partial charge in [-0.05, 0) is 26.7 Å². The first-order valence-electron chi connectivity index (χ1n) is 7.41. The van der Waals surface area contributed by atoms with Gasteiger partial charge in [0, 0.05) is 43.4 Å². The fourth-order valence-electron chi connectivity index (χ4n) is 3.14. The minimum absolute atomic E-state index is 0.736. The molecule has 5 nitrogen and oxygen atoms in total. The summed E-state index contributed by atoms with van der Waals surface area (Å²) in [6.07, 6.45) is 5.80. The quantitative estimate of drug-likeness (QED) is 0.860. The fraction of sp³-hybridized carbons (Fsp3) is 0.600. The Labute approximate surface area is 118 Å². The van der Waals surface area contributed by atoms with E-state index in [-0.39, 0.29) is 0 Å². The monoisotopic (exact) mass is 272 g/mol. The minimum Gasteiger partial charge on any atom is -0.361 e. The van der Waals surface area contributed by atoms with E-state index in [1.54, 1.807) is 0 Å². The molecule has 1 aliphatic heterocycles. The highest BCUT2D eigenvalue weighted by molar-refractivity contribution is 5.23. The molecule has 0 aromatic carbocycles. The average molecular weight is 272 g/mol. The van der Waals surface area contributed by atoms with Gasteiger partial charge >= 0.3 is 0 Å². The third-order valence-electron chi connectivity index (χ3n) is 4.52. The van der Waals surface area contributed by atoms with E-state index < -0.39 is 0 Å². The second-order valence-electron chi connectivity index (χ2n) is 6.04. The van der Waals surface area contributed by atoms with Gasteiger partial charge in [0.25, 0.3) is 0 Å². The minimum atomic E-state index is 0.736. The molecule has 0 saturated heterocycles. The van der Waals surface area contributed by atoms with Crippen LogP contribution in [0.3, 0.4) is 0 Å². The first-order chi connectivity index (χ1) is 9.72. The highest BCUT2D eigenvalue weighted by Gasteiger charge is 2.29. The molecule has 1 aliphatic carbocycles. The van der Waals surface area contributed by atoms with E-state index in [0.29, 0.717) is 0 Å². The highest BCUT2D eigenvalue weighted by atomic mass is 16.5. The SMILES string of the molecule is Cc1noc(C)c1CN1CCc2c(ncn2C2CC2)C1. The van der Waals surface area contributed by atoms with E-state index in [1.807, 2.05) is 20.2 Å². The normalized spacial score (nSPS) is 19.3. The fourth-order valence-corrected chi connectivity index (χ4v) is 3.14. The van der Waals surface area contributed by atoms with E-state index >= 15 is 0 Å². The van der Waals surface area contributed by atoms with Crippen LogP contribution >= 0.6 is 0 Å². The summed E-state index contributed by atoms with van der Waals surface area (Å²) in [7, 11) is 0. The van der Waals surface area contributed by atoms with Crippen molar-refractivity contribution in [3.8, 4) is 0 Å². The highest BCUT2D eigenvalue weighted by Crippen LogP contribution is 2.37. The molecule has 0 atom stereocenters. The number of nitrogens with zero attached hydrogens (tertiary/aromatic N) is 4. The van der Waals surface area contributed by atoms with Gasteiger partial charge in [-0.3, -0.25) is 4.90 Å². The second-order valence-corrected chi connectivity index (χ2v) is 6.04. The molecular weight excluding hydrogens is 252 g/mol. The van der Waals surface area contributed by atoms with Crippen molar-refractivity contribution in [3.63, 3.8) is 0 Å². The van der Waals surface area contributed by atoms with Crippen LogP contribution in [-0.4, -0.2) is 26.2 Å². The van der Waals surface area contributed by atoms with Crippen LogP contribution in [0.15, 0.2) is 10.9 Å². The Morgan fingerprint density at radius 1 is 1.35 bits per heavy atom. The molecule has 4 rings (SSSR count). The summed E-state index contributed by atoms with van der Waals surface area (Å²) in [5.74, 6) is 0.941. The molecule has 2 aliphatic rings. The van der Waals surface area contributed by atoms with Gasteiger partial charge in [0.05, 0.1) is 17.7 Å². The molecule has 0 amide bonds. The van der Waals surface area contributed by atoms with Crippen molar-refractivity contribution in [1.29, 1.82) is 0 Å². The number of hydrogen-bond acceptors (Lipinski definition) is 4. The zero-order chi connectivity index (χ0) is 13.7. The van der Waals surface area contributed by atoms with Crippen LogP contribution in [0.2, 0.25) is 0 Å². The molecule has 2 aromatic heterocycles. The van der Waals surface area contributed by atoms with E-state index in [2.05, 4.69) is 19.6 Å². The molecule has 0 N–H and O–H groups in total. The second kappa shape index (κ2) is 4.45. The topological polar surface area (TPSA) is 47.1 Å². The van der Waals surface area contributed by atoms with E-state index in [9.17, 15) is 0 Å². The smallest absolute Gasteiger partial charge is 0.138 e. The lowest BCUT2D eigenvalue weighted by Crippen LogP contribution is -2.31. The number of imidazole rings is 1. The van der Waals surface area contributed by atoms with Crippen LogP contribution in [0.5, 0.6) is 0 Å². The first-order valence-corrected chi connectivity index (χ1v) is 7.41. The molecule has 1 fully saturated rings. The van der Waals surface area contributed by atoms with Crippen LogP contribution in [-0.2, 0) is 19.5 Å². The van der Waals surface area contributed by atoms with Gasteiger partial charge < -0.3 is 9.09 Å². The lowest BCUT2D eigenvalue weighted by molar-refractivity contribution is 0.237. The summed E-state index contributed by atoms with van der Waals surface area (Å²) in [6.45, 7) is 6.96. The van der Waals surface area contributed by atoms with E-state index in [0.717, 1.165) is 43.6 Å². The molecule has 5 heteroatoms. The molecule has 0 spiro atoms. The lowest BCUT2D eigenvalue weighted by Gasteiger charge is -2.26. The largest absolute Gasteiger partial charge is 0.361 e. The van der Waals surface area contributed by atoms with Crippen LogP contribution in [0.4, 0.5) is 0 Å². The molecule has 0 bridgehead atoms. The van der Waals surface area contributed by atoms with Crippen molar-refractivity contribution in [3.05, 3.63) is 34.7 Å². The van der Waals surface area contributed by atoms with Gasteiger partial charge in [-0.2, -0.15) is 0 Å². The van der Waals surface area contributed by atoms with Crippen molar-refractivity contribution >= 4 is 0 Å². The van der Waals surface area contributed by atoms with Crippen molar-refractivity contribution < 1.29 is 4.52 Å². The lowest BCUT2D eigenvalue weighted by atomic mass is 10.1. The molecule has 106 valence electrons. The Balaban J connectivity index is 1.52. The summed E-state index contributed by atoms with van der Waals surface area (Å²) < 4.78 is 7.66. The number of rotatable bonds is 3. The summed E-state index contributed by atoms with van der Waals surface area (Å²) in [4.78, 5) is 7.07. The van der Waals surface area contributed by atoms with Gasteiger partial charge in [0.15, 0.2) is 0 Å². The number of aryl methyl sites for hydroxylation is 2. The van der Waals surface area contributed by atoms with Gasteiger partial charge in [0.1, 0.15) is 5.76 Å². The Bertz CT molecular complexity index is 619. The van der Waals surface area contributed by atoms with Crippen molar-refractivity contribution in [2.24, 2.45) is 0 Å². The number of hydrogen-bond donors (Lipinski definition) is 0. The van der Waals surface area contributed by atoms with Crippen LogP contribution in [0.25, 0.3) is 0 Å².